The van der Waals surface area contributed by atoms with E-state index in [2.05, 4.69) is 0 Å². The van der Waals surface area contributed by atoms with Crippen LogP contribution in [0.1, 0.15) is 28.7 Å². The van der Waals surface area contributed by atoms with Gasteiger partial charge in [0.2, 0.25) is 11.8 Å². The minimum atomic E-state index is -1.27. The SMILES string of the molecule is COc1ccc(C(O[C@@H]2C3OC(C4C(=O)N(c5ccc(CCC(=O)O)cc5)C(=O)C43)[C@@H]2O)(c2ccccc2)c2ccc(OC)cc2)cc1. The van der Waals surface area contributed by atoms with Gasteiger partial charge in [-0.3, -0.25) is 14.4 Å². The zero-order valence-electron chi connectivity index (χ0n) is 26.4. The van der Waals surface area contributed by atoms with Crippen LogP contribution in [0.25, 0.3) is 0 Å². The number of aryl methyl sites for hydroxylation is 1. The van der Waals surface area contributed by atoms with Crippen molar-refractivity contribution in [2.45, 2.75) is 42.9 Å². The number of anilines is 1. The third-order valence-corrected chi connectivity index (χ3v) is 9.73. The van der Waals surface area contributed by atoms with Crippen LogP contribution in [0.3, 0.4) is 0 Å². The lowest BCUT2D eigenvalue weighted by Gasteiger charge is -2.41. The van der Waals surface area contributed by atoms with Crippen molar-refractivity contribution in [3.8, 4) is 11.5 Å². The van der Waals surface area contributed by atoms with E-state index >= 15 is 0 Å². The molecule has 4 unspecified atom stereocenters. The van der Waals surface area contributed by atoms with E-state index in [0.29, 0.717) is 23.6 Å². The Balaban J connectivity index is 1.27. The smallest absolute Gasteiger partial charge is 0.303 e. The lowest BCUT2D eigenvalue weighted by Crippen LogP contribution is -2.52. The number of fused-ring (bicyclic) bond motifs is 5. The first kappa shape index (κ1) is 31.6. The van der Waals surface area contributed by atoms with Crippen molar-refractivity contribution < 1.29 is 43.5 Å². The highest BCUT2D eigenvalue weighted by molar-refractivity contribution is 6.23. The van der Waals surface area contributed by atoms with Crippen LogP contribution < -0.4 is 14.4 Å². The standard InChI is InChI=1S/C38H35NO9/c1-45-27-17-11-24(12-18-27)38(23-6-4-3-5-7-23,25-13-19-28(46-2)20-14-25)48-35-32(42)33-30-31(34(35)47-33)37(44)39(36(30)43)26-15-8-22(9-16-26)10-21-29(40)41/h3-9,11-20,30-35,42H,10,21H2,1-2H3,(H,40,41)/t30?,31?,32-,33?,34?,35-/m0/s1. The average molecular weight is 650 g/mol. The fraction of sp³-hybridized carbons (Fsp3) is 0.289. The van der Waals surface area contributed by atoms with Crippen LogP contribution >= 0.6 is 0 Å². The van der Waals surface area contributed by atoms with Gasteiger partial charge in [0.25, 0.3) is 0 Å². The number of hydrogen-bond acceptors (Lipinski definition) is 8. The first-order valence-electron chi connectivity index (χ1n) is 15.8. The second-order valence-corrected chi connectivity index (χ2v) is 12.3. The number of carboxylic acids is 1. The van der Waals surface area contributed by atoms with Crippen LogP contribution in [0.4, 0.5) is 5.69 Å². The molecule has 4 aromatic carbocycles. The predicted molar refractivity (Wildman–Crippen MR) is 174 cm³/mol. The quantitative estimate of drug-likeness (QED) is 0.180. The molecule has 3 aliphatic rings. The molecule has 7 rings (SSSR count). The van der Waals surface area contributed by atoms with E-state index < -0.39 is 59.6 Å². The fourth-order valence-electron chi connectivity index (χ4n) is 7.40. The summed E-state index contributed by atoms with van der Waals surface area (Å²) < 4.78 is 24.3. The molecule has 4 aromatic rings. The number of amides is 2. The number of aliphatic carboxylic acids is 1. The van der Waals surface area contributed by atoms with Crippen LogP contribution in [0.15, 0.2) is 103 Å². The Morgan fingerprint density at radius 3 is 1.79 bits per heavy atom. The Kier molecular flexibility index (Phi) is 8.24. The van der Waals surface area contributed by atoms with Gasteiger partial charge < -0.3 is 29.2 Å². The molecule has 0 saturated carbocycles. The molecule has 6 atom stereocenters. The first-order valence-corrected chi connectivity index (χ1v) is 15.8. The Hall–Kier alpha value is -5.03. The van der Waals surface area contributed by atoms with Gasteiger partial charge in [0.1, 0.15) is 29.3 Å². The molecular formula is C38H35NO9. The van der Waals surface area contributed by atoms with Crippen molar-refractivity contribution in [2.75, 3.05) is 19.1 Å². The van der Waals surface area contributed by atoms with Crippen molar-refractivity contribution in [1.82, 2.24) is 0 Å². The molecule has 3 fully saturated rings. The van der Waals surface area contributed by atoms with Crippen LogP contribution in [0, 0.1) is 11.8 Å². The summed E-state index contributed by atoms with van der Waals surface area (Å²) in [7, 11) is 3.19. The number of benzene rings is 4. The van der Waals surface area contributed by atoms with E-state index in [-0.39, 0.29) is 6.42 Å². The number of aliphatic hydroxyl groups is 1. The largest absolute Gasteiger partial charge is 0.497 e. The average Bonchev–Trinajstić information content (AvgIpc) is 3.75. The molecule has 3 aliphatic heterocycles. The third-order valence-electron chi connectivity index (χ3n) is 9.73. The number of aliphatic hydroxyl groups excluding tert-OH is 1. The number of methoxy groups -OCH3 is 2. The van der Waals surface area contributed by atoms with Gasteiger partial charge in [-0.25, -0.2) is 4.90 Å². The summed E-state index contributed by atoms with van der Waals surface area (Å²) in [5.74, 6) is -2.17. The van der Waals surface area contributed by atoms with E-state index in [1.165, 1.54) is 0 Å². The fourth-order valence-corrected chi connectivity index (χ4v) is 7.40. The molecule has 10 heteroatoms. The van der Waals surface area contributed by atoms with Crippen molar-refractivity contribution in [3.63, 3.8) is 0 Å². The summed E-state index contributed by atoms with van der Waals surface area (Å²) in [6.07, 6.45) is -3.71. The second kappa shape index (κ2) is 12.5. The molecule has 2 bridgehead atoms. The first-order chi connectivity index (χ1) is 23.3. The minimum Gasteiger partial charge on any atom is -0.497 e. The van der Waals surface area contributed by atoms with Crippen molar-refractivity contribution in [3.05, 3.63) is 125 Å². The Labute approximate surface area is 277 Å². The van der Waals surface area contributed by atoms with Gasteiger partial charge in [-0.1, -0.05) is 66.7 Å². The maximum Gasteiger partial charge on any atom is 0.303 e. The minimum absolute atomic E-state index is 0.0252. The molecule has 2 amide bonds. The zero-order chi connectivity index (χ0) is 33.6. The lowest BCUT2D eigenvalue weighted by atomic mass is 9.76. The highest BCUT2D eigenvalue weighted by Crippen LogP contribution is 2.53. The molecule has 3 saturated heterocycles. The molecule has 2 N–H and O–H groups in total. The summed E-state index contributed by atoms with van der Waals surface area (Å²) in [6.45, 7) is 0. The van der Waals surface area contributed by atoms with Gasteiger partial charge in [-0.2, -0.15) is 0 Å². The van der Waals surface area contributed by atoms with E-state index in [4.69, 9.17) is 24.1 Å². The maximum atomic E-state index is 14.0. The number of rotatable bonds is 11. The predicted octanol–water partition coefficient (Wildman–Crippen LogP) is 4.35. The molecule has 246 valence electrons. The van der Waals surface area contributed by atoms with Crippen LogP contribution in [0.2, 0.25) is 0 Å². The number of carboxylic acid groups (broad SMARTS) is 1. The summed E-state index contributed by atoms with van der Waals surface area (Å²) >= 11 is 0. The number of imide groups is 1. The number of carbonyl (C=O) groups is 3. The van der Waals surface area contributed by atoms with Gasteiger partial charge >= 0.3 is 5.97 Å². The molecule has 0 aromatic heterocycles. The van der Waals surface area contributed by atoms with Crippen LogP contribution in [-0.4, -0.2) is 66.6 Å². The third kappa shape index (κ3) is 5.13. The zero-order valence-corrected chi connectivity index (χ0v) is 26.4. The summed E-state index contributed by atoms with van der Waals surface area (Å²) in [6, 6.07) is 31.4. The van der Waals surface area contributed by atoms with E-state index in [0.717, 1.165) is 27.2 Å². The van der Waals surface area contributed by atoms with E-state index in [9.17, 15) is 19.5 Å². The summed E-state index contributed by atoms with van der Waals surface area (Å²) in [4.78, 5) is 40.0. The Morgan fingerprint density at radius 1 is 0.750 bits per heavy atom. The number of nitrogens with zero attached hydrogens (tertiary/aromatic N) is 1. The molecule has 0 aliphatic carbocycles. The molecule has 48 heavy (non-hydrogen) atoms. The van der Waals surface area contributed by atoms with Crippen LogP contribution in [-0.2, 0) is 35.9 Å². The number of hydrogen-bond donors (Lipinski definition) is 2. The van der Waals surface area contributed by atoms with Gasteiger partial charge in [-0.05, 0) is 65.1 Å². The lowest BCUT2D eigenvalue weighted by molar-refractivity contribution is -0.139. The van der Waals surface area contributed by atoms with Crippen molar-refractivity contribution in [1.29, 1.82) is 0 Å². The molecule has 0 radical (unpaired) electrons. The maximum absolute atomic E-state index is 14.0. The van der Waals surface area contributed by atoms with Crippen molar-refractivity contribution >= 4 is 23.5 Å². The topological polar surface area (TPSA) is 132 Å². The highest BCUT2D eigenvalue weighted by atomic mass is 16.6. The monoisotopic (exact) mass is 649 g/mol. The van der Waals surface area contributed by atoms with E-state index in [1.54, 1.807) is 38.5 Å². The second-order valence-electron chi connectivity index (χ2n) is 12.3. The normalized spacial score (nSPS) is 24.5. The molecule has 0 spiro atoms. The summed E-state index contributed by atoms with van der Waals surface area (Å²) in [5.41, 5.74) is 2.19. The Bertz CT molecular complexity index is 1760. The highest BCUT2D eigenvalue weighted by Gasteiger charge is 2.70. The summed E-state index contributed by atoms with van der Waals surface area (Å²) in [5, 5.41) is 20.8. The number of carbonyl (C=O) groups excluding carboxylic acids is 2. The van der Waals surface area contributed by atoms with Gasteiger partial charge in [0.15, 0.2) is 0 Å². The molecule has 10 nitrogen and oxygen atoms in total. The van der Waals surface area contributed by atoms with Crippen molar-refractivity contribution in [2.24, 2.45) is 11.8 Å². The van der Waals surface area contributed by atoms with Gasteiger partial charge in [-0.15, -0.1) is 0 Å². The van der Waals surface area contributed by atoms with E-state index in [1.807, 2.05) is 78.9 Å². The van der Waals surface area contributed by atoms with Gasteiger partial charge in [0, 0.05) is 6.42 Å². The molecule has 3 heterocycles. The van der Waals surface area contributed by atoms with Crippen LogP contribution in [0.5, 0.6) is 11.5 Å². The Morgan fingerprint density at radius 2 is 1.27 bits per heavy atom. The molecular weight excluding hydrogens is 614 g/mol. The number of ether oxygens (including phenoxy) is 4. The van der Waals surface area contributed by atoms with Gasteiger partial charge in [0.05, 0.1) is 44.0 Å².